The van der Waals surface area contributed by atoms with Crippen LogP contribution in [0.3, 0.4) is 0 Å². The molecule has 0 bridgehead atoms. The summed E-state index contributed by atoms with van der Waals surface area (Å²) in [6.07, 6.45) is 0. The summed E-state index contributed by atoms with van der Waals surface area (Å²) < 4.78 is 40.5. The van der Waals surface area contributed by atoms with Crippen LogP contribution in [0.1, 0.15) is 28.8 Å². The summed E-state index contributed by atoms with van der Waals surface area (Å²) in [7, 11) is -3.91. The van der Waals surface area contributed by atoms with Crippen LogP contribution in [-0.4, -0.2) is 20.9 Å². The maximum atomic E-state index is 13.0. The van der Waals surface area contributed by atoms with Gasteiger partial charge >= 0.3 is 0 Å². The van der Waals surface area contributed by atoms with E-state index >= 15 is 0 Å². The Morgan fingerprint density at radius 1 is 0.966 bits per heavy atom. The zero-order chi connectivity index (χ0) is 20.9. The van der Waals surface area contributed by atoms with E-state index in [-0.39, 0.29) is 28.0 Å². The molecule has 0 saturated heterocycles. The van der Waals surface area contributed by atoms with Gasteiger partial charge in [0.2, 0.25) is 0 Å². The zero-order valence-electron chi connectivity index (χ0n) is 15.8. The monoisotopic (exact) mass is 412 g/mol. The van der Waals surface area contributed by atoms with Gasteiger partial charge in [-0.1, -0.05) is 43.3 Å². The van der Waals surface area contributed by atoms with E-state index in [0.29, 0.717) is 6.54 Å². The molecule has 0 fully saturated rings. The van der Waals surface area contributed by atoms with Gasteiger partial charge < -0.3 is 5.32 Å². The number of anilines is 1. The van der Waals surface area contributed by atoms with Gasteiger partial charge in [-0.2, -0.15) is 0 Å². The van der Waals surface area contributed by atoms with Gasteiger partial charge in [0, 0.05) is 17.8 Å². The van der Waals surface area contributed by atoms with E-state index in [4.69, 9.17) is 0 Å². The quantitative estimate of drug-likeness (QED) is 0.612. The Morgan fingerprint density at radius 2 is 1.66 bits per heavy atom. The van der Waals surface area contributed by atoms with Crippen LogP contribution in [0, 0.1) is 5.82 Å². The van der Waals surface area contributed by atoms with Gasteiger partial charge in [0.1, 0.15) is 5.82 Å². The molecule has 0 saturated carbocycles. The average molecular weight is 412 g/mol. The molecule has 29 heavy (non-hydrogen) atoms. The minimum atomic E-state index is -3.91. The van der Waals surface area contributed by atoms with Crippen molar-refractivity contribution in [1.82, 2.24) is 5.32 Å². The van der Waals surface area contributed by atoms with Crippen molar-refractivity contribution in [3.63, 3.8) is 0 Å². The molecule has 5 nitrogen and oxygen atoms in total. The fraction of sp³-hybridized carbons (Fsp3) is 0.136. The number of nitrogens with one attached hydrogen (secondary N) is 2. The van der Waals surface area contributed by atoms with Gasteiger partial charge in [0.05, 0.1) is 4.90 Å². The number of benzene rings is 3. The van der Waals surface area contributed by atoms with Crippen molar-refractivity contribution >= 4 is 21.6 Å². The van der Waals surface area contributed by atoms with Gasteiger partial charge in [-0.15, -0.1) is 0 Å². The third-order valence-corrected chi connectivity index (χ3v) is 5.82. The number of rotatable bonds is 7. The number of carbonyl (C=O) groups excluding carboxylic acids is 1. The Balaban J connectivity index is 1.69. The van der Waals surface area contributed by atoms with Crippen LogP contribution < -0.4 is 10.0 Å². The van der Waals surface area contributed by atoms with E-state index in [1.54, 1.807) is 6.07 Å². The molecule has 0 heterocycles. The van der Waals surface area contributed by atoms with Crippen LogP contribution in [0.2, 0.25) is 0 Å². The molecular weight excluding hydrogens is 391 g/mol. The Hall–Kier alpha value is -3.19. The molecule has 0 unspecified atom stereocenters. The van der Waals surface area contributed by atoms with Crippen molar-refractivity contribution in [3.05, 3.63) is 95.8 Å². The maximum Gasteiger partial charge on any atom is 0.261 e. The highest BCUT2D eigenvalue weighted by molar-refractivity contribution is 7.92. The fourth-order valence-corrected chi connectivity index (χ4v) is 3.89. The summed E-state index contributed by atoms with van der Waals surface area (Å²) in [5, 5.41) is 2.84. The summed E-state index contributed by atoms with van der Waals surface area (Å²) >= 11 is 0. The number of halogens is 1. The minimum absolute atomic E-state index is 0.0504. The smallest absolute Gasteiger partial charge is 0.261 e. The van der Waals surface area contributed by atoms with Crippen molar-refractivity contribution in [2.24, 2.45) is 0 Å². The minimum Gasteiger partial charge on any atom is -0.351 e. The second kappa shape index (κ2) is 8.87. The third-order valence-electron chi connectivity index (χ3n) is 4.44. The first kappa shape index (κ1) is 20.5. The van der Waals surface area contributed by atoms with Gasteiger partial charge in [-0.05, 0) is 53.9 Å². The molecule has 0 radical (unpaired) electrons. The van der Waals surface area contributed by atoms with E-state index in [1.165, 1.54) is 30.3 Å². The lowest BCUT2D eigenvalue weighted by Gasteiger charge is -2.14. The first-order valence-electron chi connectivity index (χ1n) is 9.07. The maximum absolute atomic E-state index is 13.0. The summed E-state index contributed by atoms with van der Waals surface area (Å²) in [5.41, 5.74) is 1.58. The van der Waals surface area contributed by atoms with Crippen LogP contribution >= 0.6 is 0 Å². The van der Waals surface area contributed by atoms with Crippen LogP contribution in [-0.2, 0) is 10.0 Å². The Bertz CT molecular complexity index is 1080. The molecule has 150 valence electrons. The predicted octanol–water partition coefficient (Wildman–Crippen LogP) is 4.16. The Morgan fingerprint density at radius 3 is 2.34 bits per heavy atom. The molecule has 3 aromatic carbocycles. The molecule has 0 aromatic heterocycles. The number of hydrogen-bond acceptors (Lipinski definition) is 3. The van der Waals surface area contributed by atoms with Crippen molar-refractivity contribution in [3.8, 4) is 0 Å². The fourth-order valence-electron chi connectivity index (χ4n) is 2.78. The van der Waals surface area contributed by atoms with Gasteiger partial charge in [0.25, 0.3) is 15.9 Å². The highest BCUT2D eigenvalue weighted by Gasteiger charge is 2.17. The van der Waals surface area contributed by atoms with Crippen LogP contribution in [0.4, 0.5) is 10.1 Å². The SMILES string of the molecule is C[C@H](CNC(=O)c1cccc(S(=O)(=O)Nc2ccc(F)cc2)c1)c1ccccc1. The molecule has 0 aliphatic heterocycles. The summed E-state index contributed by atoms with van der Waals surface area (Å²) in [4.78, 5) is 12.4. The van der Waals surface area contributed by atoms with E-state index in [0.717, 1.165) is 17.7 Å². The normalized spacial score (nSPS) is 12.2. The lowest BCUT2D eigenvalue weighted by Crippen LogP contribution is -2.27. The van der Waals surface area contributed by atoms with Gasteiger partial charge in [-0.3, -0.25) is 9.52 Å². The van der Waals surface area contributed by atoms with Gasteiger partial charge in [-0.25, -0.2) is 12.8 Å². The molecule has 2 N–H and O–H groups in total. The van der Waals surface area contributed by atoms with E-state index < -0.39 is 15.8 Å². The average Bonchev–Trinajstić information content (AvgIpc) is 2.74. The largest absolute Gasteiger partial charge is 0.351 e. The predicted molar refractivity (Wildman–Crippen MR) is 111 cm³/mol. The first-order valence-corrected chi connectivity index (χ1v) is 10.5. The van der Waals surface area contributed by atoms with E-state index in [2.05, 4.69) is 10.0 Å². The van der Waals surface area contributed by atoms with Crippen LogP contribution in [0.15, 0.2) is 83.8 Å². The molecule has 0 aliphatic rings. The Kier molecular flexibility index (Phi) is 6.29. The van der Waals surface area contributed by atoms with Gasteiger partial charge in [0.15, 0.2) is 0 Å². The molecular formula is C22H21FN2O3S. The highest BCUT2D eigenvalue weighted by Crippen LogP contribution is 2.18. The van der Waals surface area contributed by atoms with E-state index in [1.807, 2.05) is 37.3 Å². The van der Waals surface area contributed by atoms with Crippen molar-refractivity contribution in [1.29, 1.82) is 0 Å². The molecule has 3 rings (SSSR count). The standard InChI is InChI=1S/C22H21FN2O3S/c1-16(17-6-3-2-4-7-17)15-24-22(26)18-8-5-9-21(14-18)29(27,28)25-20-12-10-19(23)11-13-20/h2-14,16,25H,15H2,1H3,(H,24,26)/t16-/m1/s1. The van der Waals surface area contributed by atoms with Crippen LogP contribution in [0.5, 0.6) is 0 Å². The molecule has 0 spiro atoms. The zero-order valence-corrected chi connectivity index (χ0v) is 16.6. The highest BCUT2D eigenvalue weighted by atomic mass is 32.2. The molecule has 7 heteroatoms. The molecule has 1 amide bonds. The molecule has 0 aliphatic carbocycles. The van der Waals surface area contributed by atoms with Crippen molar-refractivity contribution < 1.29 is 17.6 Å². The second-order valence-corrected chi connectivity index (χ2v) is 8.34. The van der Waals surface area contributed by atoms with Crippen molar-refractivity contribution in [2.45, 2.75) is 17.7 Å². The lowest BCUT2D eigenvalue weighted by molar-refractivity contribution is 0.0951. The number of sulfonamides is 1. The summed E-state index contributed by atoms with van der Waals surface area (Å²) in [5.74, 6) is -0.699. The second-order valence-electron chi connectivity index (χ2n) is 6.66. The lowest BCUT2D eigenvalue weighted by atomic mass is 10.0. The topological polar surface area (TPSA) is 75.3 Å². The molecule has 3 aromatic rings. The Labute approximate surface area is 169 Å². The van der Waals surface area contributed by atoms with Crippen molar-refractivity contribution in [2.75, 3.05) is 11.3 Å². The van der Waals surface area contributed by atoms with Crippen LogP contribution in [0.25, 0.3) is 0 Å². The number of amides is 1. The molecule has 1 atom stereocenters. The number of carbonyl (C=O) groups is 1. The summed E-state index contributed by atoms with van der Waals surface area (Å²) in [6.45, 7) is 2.43. The van der Waals surface area contributed by atoms with E-state index in [9.17, 15) is 17.6 Å². The number of hydrogen-bond donors (Lipinski definition) is 2. The summed E-state index contributed by atoms with van der Waals surface area (Å²) in [6, 6.07) is 20.6. The first-order chi connectivity index (χ1) is 13.8. The third kappa shape index (κ3) is 5.42.